The molecule has 7 heteroatoms. The first kappa shape index (κ1) is 23.9. The number of hydrogen-bond acceptors (Lipinski definition) is 4. The van der Waals surface area contributed by atoms with Gasteiger partial charge in [-0.05, 0) is 61.4 Å². The van der Waals surface area contributed by atoms with E-state index in [1.165, 1.54) is 24.3 Å². The lowest BCUT2D eigenvalue weighted by Crippen LogP contribution is -2.31. The van der Waals surface area contributed by atoms with Crippen LogP contribution >= 0.6 is 0 Å². The molecular weight excluding hydrogens is 482 g/mol. The zero-order chi connectivity index (χ0) is 26.4. The number of fused-ring (bicyclic) bond motifs is 1. The van der Waals surface area contributed by atoms with Crippen molar-refractivity contribution in [2.45, 2.75) is 26.7 Å². The van der Waals surface area contributed by atoms with Crippen LogP contribution in [0.2, 0.25) is 0 Å². The van der Waals surface area contributed by atoms with Gasteiger partial charge in [-0.1, -0.05) is 38.1 Å². The van der Waals surface area contributed by atoms with Crippen LogP contribution in [0.3, 0.4) is 0 Å². The summed E-state index contributed by atoms with van der Waals surface area (Å²) in [6.45, 7) is 3.94. The van der Waals surface area contributed by atoms with E-state index in [0.29, 0.717) is 39.6 Å². The lowest BCUT2D eigenvalue weighted by Gasteiger charge is -2.29. The minimum atomic E-state index is -0.377. The number of nitrogens with zero attached hydrogens (tertiary/aromatic N) is 4. The fourth-order valence-electron chi connectivity index (χ4n) is 4.81. The number of pyridine rings is 2. The van der Waals surface area contributed by atoms with Crippen LogP contribution in [-0.4, -0.2) is 25.3 Å². The van der Waals surface area contributed by atoms with Gasteiger partial charge >= 0.3 is 0 Å². The van der Waals surface area contributed by atoms with E-state index in [0.717, 1.165) is 24.1 Å². The molecule has 0 amide bonds. The highest BCUT2D eigenvalue weighted by Crippen LogP contribution is 2.35. The number of hydrogen-bond donors (Lipinski definition) is 0. The quantitative estimate of drug-likeness (QED) is 0.261. The second kappa shape index (κ2) is 9.10. The van der Waals surface area contributed by atoms with Gasteiger partial charge in [-0.2, -0.15) is 0 Å². The molecule has 6 rings (SSSR count). The Hall–Kier alpha value is -4.52. The summed E-state index contributed by atoms with van der Waals surface area (Å²) < 4.78 is 29.8. The maximum Gasteiger partial charge on any atom is 0.170 e. The summed E-state index contributed by atoms with van der Waals surface area (Å²) in [5, 5.41) is 0. The number of aromatic nitrogens is 4. The first-order valence-electron chi connectivity index (χ1n) is 12.4. The summed E-state index contributed by atoms with van der Waals surface area (Å²) in [6.07, 6.45) is 5.02. The van der Waals surface area contributed by atoms with Crippen molar-refractivity contribution in [3.63, 3.8) is 0 Å². The van der Waals surface area contributed by atoms with E-state index < -0.39 is 0 Å². The molecule has 0 radical (unpaired) electrons. The molecule has 5 nitrogen and oxygen atoms in total. The van der Waals surface area contributed by atoms with Crippen LogP contribution in [0.15, 0.2) is 85.3 Å². The van der Waals surface area contributed by atoms with Crippen molar-refractivity contribution < 1.29 is 13.6 Å². The molecule has 188 valence electrons. The lowest BCUT2D eigenvalue weighted by atomic mass is 9.75. The summed E-state index contributed by atoms with van der Waals surface area (Å²) in [4.78, 5) is 26.9. The van der Waals surface area contributed by atoms with Crippen LogP contribution in [0.5, 0.6) is 0 Å². The van der Waals surface area contributed by atoms with Crippen LogP contribution < -0.4 is 0 Å². The van der Waals surface area contributed by atoms with Gasteiger partial charge in [0.1, 0.15) is 23.8 Å². The molecule has 0 atom stereocenters. The normalized spacial score (nSPS) is 14.4. The van der Waals surface area contributed by atoms with E-state index in [9.17, 15) is 13.6 Å². The zero-order valence-electron chi connectivity index (χ0n) is 21.0. The van der Waals surface area contributed by atoms with Crippen molar-refractivity contribution in [3.05, 3.63) is 108 Å². The van der Waals surface area contributed by atoms with Gasteiger partial charge in [0.15, 0.2) is 5.78 Å². The van der Waals surface area contributed by atoms with E-state index in [2.05, 4.69) is 4.98 Å². The average molecular weight is 507 g/mol. The Balaban J connectivity index is 1.42. The third-order valence-corrected chi connectivity index (χ3v) is 7.01. The molecular formula is C31H24F2N4O. The number of aryl methyl sites for hydroxylation is 1. The number of carbonyl (C=O) groups is 1. The number of Topliss-reactive ketones (excluding diaryl/α,β-unsaturated/α-hetero) is 1. The van der Waals surface area contributed by atoms with Crippen molar-refractivity contribution in [2.24, 2.45) is 5.41 Å². The second-order valence-corrected chi connectivity index (χ2v) is 10.2. The van der Waals surface area contributed by atoms with E-state index >= 15 is 0 Å². The molecule has 0 saturated carbocycles. The predicted octanol–water partition coefficient (Wildman–Crippen LogP) is 7.10. The SMILES string of the molecule is CC1(C)CCc2nc(-n3cnc(-c4cc(-c5cccc(F)c5)nc(-c5cccc(F)c5)c4)c3)ccc2C1=O. The Bertz CT molecular complexity index is 1640. The molecule has 0 N–H and O–H groups in total. The molecule has 0 saturated heterocycles. The van der Waals surface area contributed by atoms with Gasteiger partial charge in [0, 0.05) is 33.9 Å². The van der Waals surface area contributed by atoms with Crippen LogP contribution in [0.25, 0.3) is 39.6 Å². The molecule has 0 fully saturated rings. The fourth-order valence-corrected chi connectivity index (χ4v) is 4.81. The summed E-state index contributed by atoms with van der Waals surface area (Å²) in [5.74, 6) is 0.0497. The molecule has 3 aromatic heterocycles. The van der Waals surface area contributed by atoms with Gasteiger partial charge in [0.25, 0.3) is 0 Å². The maximum atomic E-state index is 14.0. The highest BCUT2D eigenvalue weighted by atomic mass is 19.1. The standard InChI is InChI=1S/C31H24F2N4O/c1-31(2)12-11-25-24(30(31)38)9-10-29(36-25)37-17-28(34-18-37)21-15-26(19-5-3-7-22(32)13-19)35-27(16-21)20-6-4-8-23(33)14-20/h3-10,13-18H,11-12H2,1-2H3. The predicted molar refractivity (Wildman–Crippen MR) is 142 cm³/mol. The molecule has 1 aliphatic rings. The summed E-state index contributed by atoms with van der Waals surface area (Å²) >= 11 is 0. The number of ketones is 1. The minimum absolute atomic E-state index is 0.121. The third-order valence-electron chi connectivity index (χ3n) is 7.01. The van der Waals surface area contributed by atoms with E-state index in [1.807, 2.05) is 48.9 Å². The molecule has 5 aromatic rings. The molecule has 1 aliphatic carbocycles. The number of imidazole rings is 1. The first-order valence-corrected chi connectivity index (χ1v) is 12.4. The molecule has 3 heterocycles. The molecule has 0 unspecified atom stereocenters. The largest absolute Gasteiger partial charge is 0.294 e. The first-order chi connectivity index (χ1) is 18.3. The van der Waals surface area contributed by atoms with Crippen molar-refractivity contribution >= 4 is 5.78 Å². The Morgan fingerprint density at radius 1 is 0.789 bits per heavy atom. The van der Waals surface area contributed by atoms with Gasteiger partial charge in [0.2, 0.25) is 0 Å². The Morgan fingerprint density at radius 3 is 2.08 bits per heavy atom. The number of rotatable bonds is 4. The second-order valence-electron chi connectivity index (χ2n) is 10.2. The number of carbonyl (C=O) groups excluding carboxylic acids is 1. The highest BCUT2D eigenvalue weighted by molar-refractivity contribution is 6.02. The third kappa shape index (κ3) is 4.41. The highest BCUT2D eigenvalue weighted by Gasteiger charge is 2.34. The molecule has 2 aromatic carbocycles. The van der Waals surface area contributed by atoms with Gasteiger partial charge < -0.3 is 0 Å². The zero-order valence-corrected chi connectivity index (χ0v) is 21.0. The number of benzene rings is 2. The van der Waals surface area contributed by atoms with Crippen LogP contribution in [0.1, 0.15) is 36.3 Å². The van der Waals surface area contributed by atoms with Crippen LogP contribution in [-0.2, 0) is 6.42 Å². The topological polar surface area (TPSA) is 60.7 Å². The van der Waals surface area contributed by atoms with Gasteiger partial charge in [0.05, 0.1) is 22.8 Å². The van der Waals surface area contributed by atoms with Gasteiger partial charge in [-0.25, -0.2) is 23.7 Å². The Kier molecular flexibility index (Phi) is 5.71. The van der Waals surface area contributed by atoms with Crippen LogP contribution in [0, 0.1) is 17.0 Å². The van der Waals surface area contributed by atoms with Crippen LogP contribution in [0.4, 0.5) is 8.78 Å². The molecule has 0 bridgehead atoms. The smallest absolute Gasteiger partial charge is 0.170 e. The summed E-state index contributed by atoms with van der Waals surface area (Å²) in [6, 6.07) is 19.8. The van der Waals surface area contributed by atoms with Crippen molar-refractivity contribution in [2.75, 3.05) is 0 Å². The van der Waals surface area contributed by atoms with E-state index in [1.54, 1.807) is 30.6 Å². The van der Waals surface area contributed by atoms with Crippen molar-refractivity contribution in [3.8, 4) is 39.6 Å². The summed E-state index contributed by atoms with van der Waals surface area (Å²) in [7, 11) is 0. The fraction of sp³-hybridized carbons (Fsp3) is 0.161. The molecule has 38 heavy (non-hydrogen) atoms. The van der Waals surface area contributed by atoms with Crippen molar-refractivity contribution in [1.82, 2.24) is 19.5 Å². The minimum Gasteiger partial charge on any atom is -0.294 e. The lowest BCUT2D eigenvalue weighted by molar-refractivity contribution is 0.0809. The van der Waals surface area contributed by atoms with Crippen molar-refractivity contribution in [1.29, 1.82) is 0 Å². The maximum absolute atomic E-state index is 14.0. The van der Waals surface area contributed by atoms with E-state index in [4.69, 9.17) is 9.97 Å². The van der Waals surface area contributed by atoms with Gasteiger partial charge in [-0.15, -0.1) is 0 Å². The van der Waals surface area contributed by atoms with E-state index in [-0.39, 0.29) is 22.8 Å². The Morgan fingerprint density at radius 2 is 1.45 bits per heavy atom. The van der Waals surface area contributed by atoms with Gasteiger partial charge in [-0.3, -0.25) is 9.36 Å². The monoisotopic (exact) mass is 506 g/mol. The Labute approximate surface area is 218 Å². The summed E-state index contributed by atoms with van der Waals surface area (Å²) in [5.41, 5.74) is 4.80. The average Bonchev–Trinajstić information content (AvgIpc) is 3.41. The number of halogens is 2. The molecule has 0 aliphatic heterocycles. The molecule has 0 spiro atoms.